The van der Waals surface area contributed by atoms with Crippen LogP contribution in [0.5, 0.6) is 0 Å². The number of likely N-dealkylation sites (N-methyl/N-ethyl adjacent to an activating group) is 1. The topological polar surface area (TPSA) is 21.3 Å². The summed E-state index contributed by atoms with van der Waals surface area (Å²) in [6.45, 7) is 8.66. The lowest BCUT2D eigenvalue weighted by atomic mass is 10.1. The van der Waals surface area contributed by atoms with Gasteiger partial charge in [0.1, 0.15) is 0 Å². The molecule has 0 aliphatic rings. The zero-order valence-corrected chi connectivity index (χ0v) is 11.8. The molecule has 0 saturated carbocycles. The van der Waals surface area contributed by atoms with E-state index >= 15 is 0 Å². The summed E-state index contributed by atoms with van der Waals surface area (Å²) < 4.78 is 6.70. The van der Waals surface area contributed by atoms with Crippen molar-refractivity contribution < 1.29 is 4.74 Å². The number of hydrogen-bond donors (Lipinski definition) is 1. The molecule has 1 atom stereocenters. The summed E-state index contributed by atoms with van der Waals surface area (Å²) in [5.74, 6) is 0. The quantitative estimate of drug-likeness (QED) is 0.865. The smallest absolute Gasteiger partial charge is 0.0661 e. The Morgan fingerprint density at radius 2 is 2.12 bits per heavy atom. The highest BCUT2D eigenvalue weighted by Gasteiger charge is 2.14. The van der Waals surface area contributed by atoms with Gasteiger partial charge in [-0.25, -0.2) is 0 Å². The van der Waals surface area contributed by atoms with E-state index in [-0.39, 0.29) is 6.04 Å². The Labute approximate surface area is 107 Å². The van der Waals surface area contributed by atoms with Crippen LogP contribution in [0.3, 0.4) is 0 Å². The SMILES string of the molecule is CCNC(COCC)c1cccc(C)c1Br. The van der Waals surface area contributed by atoms with E-state index in [0.717, 1.165) is 13.2 Å². The Morgan fingerprint density at radius 1 is 1.38 bits per heavy atom. The van der Waals surface area contributed by atoms with Crippen LogP contribution >= 0.6 is 15.9 Å². The molecule has 0 aliphatic heterocycles. The van der Waals surface area contributed by atoms with Gasteiger partial charge in [-0.3, -0.25) is 0 Å². The van der Waals surface area contributed by atoms with Crippen molar-refractivity contribution in [3.8, 4) is 0 Å². The predicted molar refractivity (Wildman–Crippen MR) is 71.8 cm³/mol. The standard InChI is InChI=1S/C13H20BrNO/c1-4-15-12(9-16-5-2)11-8-6-7-10(3)13(11)14/h6-8,12,15H,4-5,9H2,1-3H3. The van der Waals surface area contributed by atoms with Crippen molar-refractivity contribution in [3.05, 3.63) is 33.8 Å². The van der Waals surface area contributed by atoms with Crippen LogP contribution in [-0.2, 0) is 4.74 Å². The summed E-state index contributed by atoms with van der Waals surface area (Å²) in [4.78, 5) is 0. The van der Waals surface area contributed by atoms with Gasteiger partial charge in [0.2, 0.25) is 0 Å². The van der Waals surface area contributed by atoms with Gasteiger partial charge in [0.25, 0.3) is 0 Å². The van der Waals surface area contributed by atoms with Crippen LogP contribution in [0, 0.1) is 6.92 Å². The molecule has 0 spiro atoms. The van der Waals surface area contributed by atoms with Crippen LogP contribution in [0.1, 0.15) is 31.0 Å². The summed E-state index contributed by atoms with van der Waals surface area (Å²) in [6.07, 6.45) is 0. The first-order valence-electron chi connectivity index (χ1n) is 5.76. The van der Waals surface area contributed by atoms with Gasteiger partial charge in [0, 0.05) is 11.1 Å². The Morgan fingerprint density at radius 3 is 2.75 bits per heavy atom. The first kappa shape index (κ1) is 13.7. The highest BCUT2D eigenvalue weighted by molar-refractivity contribution is 9.10. The van der Waals surface area contributed by atoms with Gasteiger partial charge >= 0.3 is 0 Å². The fourth-order valence-corrected chi connectivity index (χ4v) is 2.22. The molecule has 0 aliphatic carbocycles. The minimum absolute atomic E-state index is 0.263. The van der Waals surface area contributed by atoms with Gasteiger partial charge in [-0.1, -0.05) is 41.1 Å². The molecule has 0 amide bonds. The van der Waals surface area contributed by atoms with Crippen LogP contribution < -0.4 is 5.32 Å². The third kappa shape index (κ3) is 3.58. The molecule has 1 aromatic rings. The number of ether oxygens (including phenoxy) is 1. The molecule has 0 bridgehead atoms. The summed E-state index contributed by atoms with van der Waals surface area (Å²) in [5.41, 5.74) is 2.53. The minimum Gasteiger partial charge on any atom is -0.380 e. The lowest BCUT2D eigenvalue weighted by Crippen LogP contribution is -2.25. The van der Waals surface area contributed by atoms with Gasteiger partial charge in [-0.05, 0) is 31.5 Å². The number of hydrogen-bond acceptors (Lipinski definition) is 2. The summed E-state index contributed by atoms with van der Waals surface area (Å²) in [5, 5.41) is 3.45. The molecule has 1 N–H and O–H groups in total. The van der Waals surface area contributed by atoms with Gasteiger partial charge in [0.15, 0.2) is 0 Å². The van der Waals surface area contributed by atoms with E-state index in [1.807, 2.05) is 6.92 Å². The molecule has 90 valence electrons. The fourth-order valence-electron chi connectivity index (χ4n) is 1.68. The first-order chi connectivity index (χ1) is 7.70. The second-order valence-corrected chi connectivity index (χ2v) is 4.54. The number of halogens is 1. The molecule has 1 rings (SSSR count). The molecule has 2 nitrogen and oxygen atoms in total. The Bertz CT molecular complexity index is 328. The average molecular weight is 286 g/mol. The van der Waals surface area contributed by atoms with Gasteiger partial charge in [-0.15, -0.1) is 0 Å². The zero-order valence-electron chi connectivity index (χ0n) is 10.2. The lowest BCUT2D eigenvalue weighted by Gasteiger charge is -2.20. The largest absolute Gasteiger partial charge is 0.380 e. The van der Waals surface area contributed by atoms with Crippen molar-refractivity contribution in [3.63, 3.8) is 0 Å². The van der Waals surface area contributed by atoms with Crippen LogP contribution in [-0.4, -0.2) is 19.8 Å². The highest BCUT2D eigenvalue weighted by Crippen LogP contribution is 2.26. The van der Waals surface area contributed by atoms with Crippen molar-refractivity contribution in [1.29, 1.82) is 0 Å². The van der Waals surface area contributed by atoms with E-state index in [4.69, 9.17) is 4.74 Å². The maximum absolute atomic E-state index is 5.51. The van der Waals surface area contributed by atoms with Gasteiger partial charge in [0.05, 0.1) is 12.6 Å². The number of aryl methyl sites for hydroxylation is 1. The van der Waals surface area contributed by atoms with Gasteiger partial charge < -0.3 is 10.1 Å². The van der Waals surface area contributed by atoms with Crippen molar-refractivity contribution >= 4 is 15.9 Å². The molecule has 0 fully saturated rings. The van der Waals surface area contributed by atoms with Crippen molar-refractivity contribution in [2.24, 2.45) is 0 Å². The minimum atomic E-state index is 0.263. The van der Waals surface area contributed by atoms with E-state index in [1.165, 1.54) is 15.6 Å². The normalized spacial score (nSPS) is 12.8. The van der Waals surface area contributed by atoms with E-state index in [1.54, 1.807) is 0 Å². The maximum atomic E-state index is 5.51. The molecule has 16 heavy (non-hydrogen) atoms. The fraction of sp³-hybridized carbons (Fsp3) is 0.538. The molecule has 0 radical (unpaired) electrons. The van der Waals surface area contributed by atoms with E-state index in [9.17, 15) is 0 Å². The third-order valence-corrected chi connectivity index (χ3v) is 3.62. The highest BCUT2D eigenvalue weighted by atomic mass is 79.9. The molecular weight excluding hydrogens is 266 g/mol. The van der Waals surface area contributed by atoms with Crippen molar-refractivity contribution in [1.82, 2.24) is 5.32 Å². The van der Waals surface area contributed by atoms with Crippen LogP contribution in [0.25, 0.3) is 0 Å². The van der Waals surface area contributed by atoms with Crippen LogP contribution in [0.2, 0.25) is 0 Å². The molecule has 1 unspecified atom stereocenters. The van der Waals surface area contributed by atoms with E-state index in [0.29, 0.717) is 6.61 Å². The first-order valence-corrected chi connectivity index (χ1v) is 6.56. The molecule has 3 heteroatoms. The third-order valence-electron chi connectivity index (χ3n) is 2.54. The average Bonchev–Trinajstić information content (AvgIpc) is 2.28. The zero-order chi connectivity index (χ0) is 12.0. The second kappa shape index (κ2) is 7.05. The summed E-state index contributed by atoms with van der Waals surface area (Å²) in [6, 6.07) is 6.60. The maximum Gasteiger partial charge on any atom is 0.0661 e. The molecule has 0 aromatic heterocycles. The molecule has 1 aromatic carbocycles. The number of benzene rings is 1. The monoisotopic (exact) mass is 285 g/mol. The Balaban J connectivity index is 2.86. The summed E-state index contributed by atoms with van der Waals surface area (Å²) in [7, 11) is 0. The van der Waals surface area contributed by atoms with E-state index in [2.05, 4.69) is 53.3 Å². The lowest BCUT2D eigenvalue weighted by molar-refractivity contribution is 0.123. The van der Waals surface area contributed by atoms with Crippen LogP contribution in [0.4, 0.5) is 0 Å². The molecule has 0 saturated heterocycles. The van der Waals surface area contributed by atoms with E-state index < -0.39 is 0 Å². The van der Waals surface area contributed by atoms with Gasteiger partial charge in [-0.2, -0.15) is 0 Å². The Kier molecular flexibility index (Phi) is 6.03. The Hall–Kier alpha value is -0.380. The van der Waals surface area contributed by atoms with Crippen molar-refractivity contribution in [2.75, 3.05) is 19.8 Å². The predicted octanol–water partition coefficient (Wildman–Crippen LogP) is 3.44. The van der Waals surface area contributed by atoms with Crippen LogP contribution in [0.15, 0.2) is 22.7 Å². The molecule has 0 heterocycles. The number of rotatable bonds is 6. The molecular formula is C13H20BrNO. The summed E-state index contributed by atoms with van der Waals surface area (Å²) >= 11 is 3.65. The second-order valence-electron chi connectivity index (χ2n) is 3.75. The van der Waals surface area contributed by atoms with Crippen molar-refractivity contribution in [2.45, 2.75) is 26.8 Å². The number of nitrogens with one attached hydrogen (secondary N) is 1.